The molecule has 0 aliphatic carbocycles. The first-order valence-electron chi connectivity index (χ1n) is 7.19. The van der Waals surface area contributed by atoms with Crippen molar-refractivity contribution in [1.82, 2.24) is 19.9 Å². The van der Waals surface area contributed by atoms with E-state index in [0.717, 1.165) is 0 Å². The maximum absolute atomic E-state index is 11.4. The van der Waals surface area contributed by atoms with Crippen LogP contribution >= 0.6 is 0 Å². The van der Waals surface area contributed by atoms with Crippen LogP contribution in [0.15, 0.2) is 53.2 Å². The van der Waals surface area contributed by atoms with E-state index in [-0.39, 0.29) is 17.1 Å². The van der Waals surface area contributed by atoms with Gasteiger partial charge in [0.2, 0.25) is 5.82 Å². The maximum Gasteiger partial charge on any atom is 0.339 e. The van der Waals surface area contributed by atoms with Gasteiger partial charge in [-0.2, -0.15) is 0 Å². The second-order valence-electron chi connectivity index (χ2n) is 5.14. The number of carboxylic acids is 1. The Bertz CT molecular complexity index is 1150. The molecule has 2 aromatic heterocycles. The van der Waals surface area contributed by atoms with Crippen molar-refractivity contribution in [3.05, 3.63) is 48.5 Å². The predicted molar refractivity (Wildman–Crippen MR) is 88.4 cm³/mol. The number of azo groups is 1. The average molecular weight is 334 g/mol. The minimum atomic E-state index is -1.25. The third-order valence-corrected chi connectivity index (χ3v) is 3.67. The van der Waals surface area contributed by atoms with Crippen molar-refractivity contribution in [3.63, 3.8) is 0 Å². The molecule has 2 heterocycles. The van der Waals surface area contributed by atoms with E-state index < -0.39 is 11.7 Å². The molecule has 4 aromatic rings. The van der Waals surface area contributed by atoms with E-state index in [1.54, 1.807) is 24.3 Å². The second-order valence-corrected chi connectivity index (χ2v) is 5.14. The first-order chi connectivity index (χ1) is 12.1. The summed E-state index contributed by atoms with van der Waals surface area (Å²) >= 11 is 0. The number of hydrogen-bond acceptors (Lipinski definition) is 7. The minimum absolute atomic E-state index is 0.0535. The summed E-state index contributed by atoms with van der Waals surface area (Å²) in [6, 6.07) is 8.38. The van der Waals surface area contributed by atoms with Crippen molar-refractivity contribution < 1.29 is 15.0 Å². The van der Waals surface area contributed by atoms with Gasteiger partial charge in [-0.1, -0.05) is 24.3 Å². The molecule has 3 N–H and O–H groups in total. The highest BCUT2D eigenvalue weighted by Gasteiger charge is 2.17. The van der Waals surface area contributed by atoms with Crippen molar-refractivity contribution in [3.8, 4) is 5.75 Å². The van der Waals surface area contributed by atoms with Crippen LogP contribution in [0.25, 0.3) is 21.9 Å². The number of imidazole rings is 1. The molecule has 0 unspecified atom stereocenters. The fourth-order valence-corrected chi connectivity index (χ4v) is 2.50. The van der Waals surface area contributed by atoms with Gasteiger partial charge >= 0.3 is 5.97 Å². The van der Waals surface area contributed by atoms with Gasteiger partial charge in [0.15, 0.2) is 16.9 Å². The second kappa shape index (κ2) is 5.64. The Labute approximate surface area is 139 Å². The molecule has 0 atom stereocenters. The Morgan fingerprint density at radius 1 is 1.12 bits per heavy atom. The summed E-state index contributed by atoms with van der Waals surface area (Å²) in [6.07, 6.45) is 2.76. The number of H-pyrrole nitrogens is 1. The van der Waals surface area contributed by atoms with Gasteiger partial charge in [-0.3, -0.25) is 0 Å². The fraction of sp³-hybridized carbons (Fsp3) is 0. The Morgan fingerprint density at radius 2 is 1.96 bits per heavy atom. The standard InChI is InChI=1S/C16H10N6O3/c23-13-10(16(24)25)5-8-3-1-2-4-9(8)11(13)21-22-15-12-14(18-6-17-12)19-7-20-15/h1-7,23H,(H,24,25)(H,17,18,19,20)/b22-21+. The van der Waals surface area contributed by atoms with Crippen LogP contribution in [-0.4, -0.2) is 36.1 Å². The summed E-state index contributed by atoms with van der Waals surface area (Å²) < 4.78 is 0. The quantitative estimate of drug-likeness (QED) is 0.491. The number of fused-ring (bicyclic) bond motifs is 2. The number of aromatic amines is 1. The molecule has 0 aliphatic rings. The number of hydrogen-bond donors (Lipinski definition) is 3. The van der Waals surface area contributed by atoms with Crippen molar-refractivity contribution in [1.29, 1.82) is 0 Å². The van der Waals surface area contributed by atoms with Crippen LogP contribution in [0, 0.1) is 0 Å². The molecule has 0 radical (unpaired) electrons. The summed E-state index contributed by atoms with van der Waals surface area (Å²) in [5.74, 6) is -1.51. The molecule has 0 amide bonds. The summed E-state index contributed by atoms with van der Waals surface area (Å²) in [5.41, 5.74) is 0.722. The third-order valence-electron chi connectivity index (χ3n) is 3.67. The Morgan fingerprint density at radius 3 is 2.80 bits per heavy atom. The molecule has 25 heavy (non-hydrogen) atoms. The largest absolute Gasteiger partial charge is 0.505 e. The zero-order valence-corrected chi connectivity index (χ0v) is 12.6. The molecule has 0 saturated heterocycles. The van der Waals surface area contributed by atoms with Crippen molar-refractivity contribution >= 4 is 39.4 Å². The third kappa shape index (κ3) is 2.43. The average Bonchev–Trinajstić information content (AvgIpc) is 3.09. The fourth-order valence-electron chi connectivity index (χ4n) is 2.50. The number of rotatable bonds is 3. The summed E-state index contributed by atoms with van der Waals surface area (Å²) in [6.45, 7) is 0. The smallest absolute Gasteiger partial charge is 0.339 e. The molecule has 0 fully saturated rings. The van der Waals surface area contributed by atoms with E-state index >= 15 is 0 Å². The van der Waals surface area contributed by atoms with Crippen molar-refractivity contribution in [2.45, 2.75) is 0 Å². The number of aromatic hydroxyl groups is 1. The zero-order chi connectivity index (χ0) is 17.4. The van der Waals surface area contributed by atoms with Crippen LogP contribution in [0.2, 0.25) is 0 Å². The van der Waals surface area contributed by atoms with Crippen LogP contribution in [0.5, 0.6) is 5.75 Å². The molecule has 122 valence electrons. The van der Waals surface area contributed by atoms with E-state index in [9.17, 15) is 15.0 Å². The normalized spacial score (nSPS) is 11.5. The predicted octanol–water partition coefficient (Wildman–Crippen LogP) is 3.33. The van der Waals surface area contributed by atoms with E-state index in [2.05, 4.69) is 30.2 Å². The van der Waals surface area contributed by atoms with Gasteiger partial charge in [-0.25, -0.2) is 19.7 Å². The maximum atomic E-state index is 11.4. The highest BCUT2D eigenvalue weighted by Crippen LogP contribution is 2.39. The molecular weight excluding hydrogens is 324 g/mol. The molecule has 9 heteroatoms. The number of aromatic carboxylic acids is 1. The molecular formula is C16H10N6O3. The number of benzene rings is 2. The van der Waals surface area contributed by atoms with Crippen molar-refractivity contribution in [2.75, 3.05) is 0 Å². The monoisotopic (exact) mass is 334 g/mol. The molecule has 0 spiro atoms. The highest BCUT2D eigenvalue weighted by atomic mass is 16.4. The Kier molecular flexibility index (Phi) is 3.31. The topological polar surface area (TPSA) is 137 Å². The molecule has 4 rings (SSSR count). The van der Waals surface area contributed by atoms with Crippen molar-refractivity contribution in [2.24, 2.45) is 10.2 Å². The van der Waals surface area contributed by atoms with Crippen LogP contribution in [0.4, 0.5) is 11.5 Å². The van der Waals surface area contributed by atoms with Gasteiger partial charge in [0.25, 0.3) is 0 Å². The van der Waals surface area contributed by atoms with E-state index in [1.807, 2.05) is 0 Å². The van der Waals surface area contributed by atoms with Crippen LogP contribution in [0.1, 0.15) is 10.4 Å². The molecule has 2 aromatic carbocycles. The lowest BCUT2D eigenvalue weighted by Crippen LogP contribution is -1.97. The number of aromatic nitrogens is 4. The highest BCUT2D eigenvalue weighted by molar-refractivity contribution is 6.04. The lowest BCUT2D eigenvalue weighted by atomic mass is 10.0. The van der Waals surface area contributed by atoms with E-state index in [4.69, 9.17) is 0 Å². The van der Waals surface area contributed by atoms with Gasteiger partial charge in [-0.15, -0.1) is 10.2 Å². The molecule has 0 saturated carbocycles. The van der Waals surface area contributed by atoms with Gasteiger partial charge in [0.05, 0.1) is 6.33 Å². The lowest BCUT2D eigenvalue weighted by Gasteiger charge is -2.07. The van der Waals surface area contributed by atoms with E-state index in [0.29, 0.717) is 21.9 Å². The van der Waals surface area contributed by atoms with E-state index in [1.165, 1.54) is 18.7 Å². The van der Waals surface area contributed by atoms with Gasteiger partial charge < -0.3 is 15.2 Å². The molecule has 9 nitrogen and oxygen atoms in total. The first kappa shape index (κ1) is 14.7. The number of carboxylic acid groups (broad SMARTS) is 1. The van der Waals surface area contributed by atoms with Crippen LogP contribution in [-0.2, 0) is 0 Å². The summed E-state index contributed by atoms with van der Waals surface area (Å²) in [5, 5.41) is 28.9. The number of phenols is 1. The number of nitrogens with one attached hydrogen (secondary N) is 1. The Hall–Kier alpha value is -3.88. The van der Waals surface area contributed by atoms with Gasteiger partial charge in [0.1, 0.15) is 17.6 Å². The van der Waals surface area contributed by atoms with Gasteiger partial charge in [-0.05, 0) is 11.5 Å². The summed E-state index contributed by atoms with van der Waals surface area (Å²) in [7, 11) is 0. The zero-order valence-electron chi connectivity index (χ0n) is 12.6. The SMILES string of the molecule is O=C(O)c1cc2ccccc2c(/N=N/c2ncnc3[nH]cnc23)c1O. The van der Waals surface area contributed by atoms with Crippen LogP contribution in [0.3, 0.4) is 0 Å². The number of carbonyl (C=O) groups is 1. The van der Waals surface area contributed by atoms with Gasteiger partial charge in [0, 0.05) is 5.39 Å². The first-order valence-corrected chi connectivity index (χ1v) is 7.19. The Balaban J connectivity index is 1.92. The van der Waals surface area contributed by atoms with Crippen LogP contribution < -0.4 is 0 Å². The number of nitrogens with zero attached hydrogens (tertiary/aromatic N) is 5. The molecule has 0 bridgehead atoms. The minimum Gasteiger partial charge on any atom is -0.505 e. The lowest BCUT2D eigenvalue weighted by molar-refractivity contribution is 0.0694. The summed E-state index contributed by atoms with van der Waals surface area (Å²) in [4.78, 5) is 26.3. The molecule has 0 aliphatic heterocycles.